The summed E-state index contributed by atoms with van der Waals surface area (Å²) in [4.78, 5) is 31.4. The Morgan fingerprint density at radius 2 is 1.59 bits per heavy atom. The molecule has 1 atom stereocenters. The lowest BCUT2D eigenvalue weighted by Crippen LogP contribution is -2.61. The lowest BCUT2D eigenvalue weighted by molar-refractivity contribution is -0.128. The van der Waals surface area contributed by atoms with E-state index in [-0.39, 0.29) is 17.4 Å². The summed E-state index contributed by atoms with van der Waals surface area (Å²) in [7, 11) is -3.16. The summed E-state index contributed by atoms with van der Waals surface area (Å²) in [6, 6.07) is 0.296. The van der Waals surface area contributed by atoms with Crippen LogP contribution in [0.5, 0.6) is 0 Å². The van der Waals surface area contributed by atoms with Crippen LogP contribution in [0.3, 0.4) is 0 Å². The molecule has 0 bridgehead atoms. The van der Waals surface area contributed by atoms with Gasteiger partial charge in [0.05, 0.1) is 19.4 Å². The Balaban J connectivity index is 1.23. The lowest BCUT2D eigenvalue weighted by atomic mass is 9.82. The number of hydrogen-bond acceptors (Lipinski definition) is 13. The Hall–Kier alpha value is -2.09. The van der Waals surface area contributed by atoms with Gasteiger partial charge in [-0.15, -0.1) is 0 Å². The second-order valence-corrected chi connectivity index (χ2v) is 17.9. The van der Waals surface area contributed by atoms with Crippen molar-refractivity contribution in [3.63, 3.8) is 0 Å². The van der Waals surface area contributed by atoms with Crippen molar-refractivity contribution in [2.24, 2.45) is 11.8 Å². The monoisotopic (exact) mass is 737 g/mol. The zero-order valence-corrected chi connectivity index (χ0v) is 33.2. The van der Waals surface area contributed by atoms with Crippen LogP contribution in [-0.2, 0) is 18.4 Å². The molecule has 14 nitrogen and oxygen atoms in total. The Labute approximate surface area is 307 Å². The third-order valence-corrected chi connectivity index (χ3v) is 12.4. The van der Waals surface area contributed by atoms with Crippen LogP contribution < -0.4 is 31.9 Å². The van der Waals surface area contributed by atoms with Crippen molar-refractivity contribution in [3.05, 3.63) is 0 Å². The molecule has 2 saturated carbocycles. The molecule has 15 heteroatoms. The summed E-state index contributed by atoms with van der Waals surface area (Å²) < 4.78 is 24.0. The first kappa shape index (κ1) is 41.7. The first-order valence-electron chi connectivity index (χ1n) is 19.9. The van der Waals surface area contributed by atoms with Gasteiger partial charge in [0.15, 0.2) is 0 Å². The maximum Gasteiger partial charge on any atom is 0.330 e. The quantitative estimate of drug-likeness (QED) is 0.0928. The van der Waals surface area contributed by atoms with Crippen molar-refractivity contribution in [1.29, 1.82) is 0 Å². The van der Waals surface area contributed by atoms with Crippen LogP contribution in [0.15, 0.2) is 0 Å². The molecule has 3 fully saturated rings. The third-order valence-electron chi connectivity index (χ3n) is 10.3. The molecule has 4 rings (SSSR count). The van der Waals surface area contributed by atoms with Crippen molar-refractivity contribution in [2.45, 2.75) is 123 Å². The summed E-state index contributed by atoms with van der Waals surface area (Å²) >= 11 is 0. The molecule has 0 spiro atoms. The second-order valence-electron chi connectivity index (χ2n) is 15.7. The predicted octanol–water partition coefficient (Wildman–Crippen LogP) is 4.64. The number of rotatable bonds is 20. The van der Waals surface area contributed by atoms with Crippen molar-refractivity contribution in [3.8, 4) is 0 Å². The molecular weight excluding hydrogens is 667 g/mol. The summed E-state index contributed by atoms with van der Waals surface area (Å²) in [6.45, 7) is 16.5. The number of nitrogen functional groups attached to an aromatic ring is 1. The Bertz CT molecular complexity index is 1210. The molecule has 0 aromatic carbocycles. The van der Waals surface area contributed by atoms with E-state index >= 15 is 0 Å². The molecule has 51 heavy (non-hydrogen) atoms. The fraction of sp³-hybridized carbons (Fsp3) is 0.889. The van der Waals surface area contributed by atoms with Crippen molar-refractivity contribution in [1.82, 2.24) is 35.8 Å². The predicted molar refractivity (Wildman–Crippen MR) is 206 cm³/mol. The minimum absolute atomic E-state index is 0.0668. The van der Waals surface area contributed by atoms with Crippen LogP contribution in [0.1, 0.15) is 105 Å². The molecule has 6 N–H and O–H groups in total. The summed E-state index contributed by atoms with van der Waals surface area (Å²) in [6.07, 6.45) is 13.8. The van der Waals surface area contributed by atoms with E-state index in [1.54, 1.807) is 0 Å². The number of aromatic nitrogens is 3. The molecule has 1 aliphatic heterocycles. The highest BCUT2D eigenvalue weighted by Crippen LogP contribution is 2.48. The first-order valence-corrected chi connectivity index (χ1v) is 21.6. The minimum atomic E-state index is -3.16. The van der Waals surface area contributed by atoms with E-state index in [9.17, 15) is 9.36 Å². The molecular formula is C36H69N10O4P. The van der Waals surface area contributed by atoms with Crippen LogP contribution in [-0.4, -0.2) is 115 Å². The van der Waals surface area contributed by atoms with Crippen molar-refractivity contribution >= 4 is 31.3 Å². The molecule has 0 unspecified atom stereocenters. The number of amides is 1. The van der Waals surface area contributed by atoms with E-state index < -0.39 is 13.6 Å². The van der Waals surface area contributed by atoms with Crippen LogP contribution in [0.2, 0.25) is 0 Å². The molecule has 1 aromatic heterocycles. The number of anilines is 3. The fourth-order valence-electron chi connectivity index (χ4n) is 7.61. The van der Waals surface area contributed by atoms with E-state index in [0.717, 1.165) is 38.1 Å². The maximum absolute atomic E-state index is 13.6. The van der Waals surface area contributed by atoms with Gasteiger partial charge in [0.1, 0.15) is 6.04 Å². The Morgan fingerprint density at radius 3 is 2.25 bits per heavy atom. The van der Waals surface area contributed by atoms with Gasteiger partial charge in [-0.05, 0) is 124 Å². The Kier molecular flexibility index (Phi) is 17.1. The van der Waals surface area contributed by atoms with Gasteiger partial charge in [-0.3, -0.25) is 14.3 Å². The third kappa shape index (κ3) is 14.7. The molecule has 0 radical (unpaired) electrons. The molecule has 292 valence electrons. The highest BCUT2D eigenvalue weighted by atomic mass is 31.2. The average Bonchev–Trinajstić information content (AvgIpc) is 3.09. The lowest BCUT2D eigenvalue weighted by Gasteiger charge is -2.41. The van der Waals surface area contributed by atoms with Crippen LogP contribution in [0.4, 0.5) is 17.8 Å². The number of nitrogens with one attached hydrogen (secondary N) is 4. The van der Waals surface area contributed by atoms with E-state index in [1.807, 2.05) is 39.5 Å². The summed E-state index contributed by atoms with van der Waals surface area (Å²) in [5, 5.41) is 14.0. The maximum atomic E-state index is 13.6. The van der Waals surface area contributed by atoms with Crippen LogP contribution in [0.25, 0.3) is 0 Å². The molecule has 3 aliphatic rings. The van der Waals surface area contributed by atoms with Crippen LogP contribution >= 0.6 is 7.60 Å². The second kappa shape index (κ2) is 21.0. The molecule has 2 heterocycles. The van der Waals surface area contributed by atoms with Gasteiger partial charge < -0.3 is 40.9 Å². The number of carbonyl (C=O) groups excluding carboxylic acids is 1. The van der Waals surface area contributed by atoms with E-state index in [0.29, 0.717) is 69.8 Å². The number of nitrogens with two attached hydrogens (primary N) is 1. The largest absolute Gasteiger partial charge is 0.368 e. The summed E-state index contributed by atoms with van der Waals surface area (Å²) in [5.74, 6) is 2.35. The minimum Gasteiger partial charge on any atom is -0.368 e. The van der Waals surface area contributed by atoms with Gasteiger partial charge in [-0.1, -0.05) is 19.3 Å². The zero-order valence-electron chi connectivity index (χ0n) is 32.3. The van der Waals surface area contributed by atoms with E-state index in [2.05, 4.69) is 36.1 Å². The number of piperazine rings is 1. The van der Waals surface area contributed by atoms with Gasteiger partial charge in [-0.25, -0.2) is 0 Å². The number of hydrogen-bond donors (Lipinski definition) is 5. The average molecular weight is 737 g/mol. The van der Waals surface area contributed by atoms with E-state index in [4.69, 9.17) is 19.8 Å². The smallest absolute Gasteiger partial charge is 0.330 e. The molecule has 2 aliphatic carbocycles. The summed E-state index contributed by atoms with van der Waals surface area (Å²) in [5.41, 5.74) is 5.80. The van der Waals surface area contributed by atoms with Gasteiger partial charge in [0.2, 0.25) is 23.8 Å². The highest BCUT2D eigenvalue weighted by Gasteiger charge is 2.35. The van der Waals surface area contributed by atoms with Crippen LogP contribution in [0, 0.1) is 11.8 Å². The highest BCUT2D eigenvalue weighted by molar-refractivity contribution is 7.53. The zero-order chi connectivity index (χ0) is 36.7. The van der Waals surface area contributed by atoms with Gasteiger partial charge in [0, 0.05) is 37.8 Å². The van der Waals surface area contributed by atoms with Crippen molar-refractivity contribution in [2.75, 3.05) is 87.7 Å². The van der Waals surface area contributed by atoms with Gasteiger partial charge in [-0.2, -0.15) is 15.0 Å². The molecule has 1 aromatic rings. The normalized spacial score (nSPS) is 22.6. The number of carbonyl (C=O) groups is 1. The van der Waals surface area contributed by atoms with Crippen molar-refractivity contribution < 1.29 is 18.4 Å². The Morgan fingerprint density at radius 1 is 0.902 bits per heavy atom. The molecule has 1 amide bonds. The fourth-order valence-corrected chi connectivity index (χ4v) is 9.26. The van der Waals surface area contributed by atoms with Gasteiger partial charge >= 0.3 is 7.60 Å². The van der Waals surface area contributed by atoms with Gasteiger partial charge in [0.25, 0.3) is 0 Å². The first-order chi connectivity index (χ1) is 24.5. The standard InChI is InChI=1S/C36H69N10O4P/c1-6-49-51(48,50-7-2)24-12-21-45-22-23-46(27-31(45)32(47)44-36(3,4)5)35-42-33(37)41-34(43-35)40-26-29-17-15-28(16-18-29)25-38-19-11-20-39-30-13-9-8-10-14-30/h28-31,38-39H,6-27H2,1-5H3,(H,44,47)(H3,37,40,41,42,43)/t28?,29?,31-/m0/s1. The molecule has 1 saturated heterocycles. The topological polar surface area (TPSA) is 172 Å². The SMILES string of the molecule is CCOP(=O)(CCCN1CCN(c2nc(N)nc(NCC3CCC(CNCCCNC4CCCCC4)CC3)n2)C[C@H]1C(=O)NC(C)(C)C)OCC. The van der Waals surface area contributed by atoms with E-state index in [1.165, 1.54) is 64.2 Å². The number of nitrogens with zero attached hydrogens (tertiary/aromatic N) is 5.